The zero-order chi connectivity index (χ0) is 39.2. The first-order valence-corrected chi connectivity index (χ1v) is 21.4. The first-order chi connectivity index (χ1) is 25.5. The molecule has 0 amide bonds. The Kier molecular flexibility index (Phi) is 28.1. The summed E-state index contributed by atoms with van der Waals surface area (Å²) in [5.41, 5.74) is 7.90. The van der Waals surface area contributed by atoms with Crippen LogP contribution >= 0.6 is 7.82 Å². The summed E-state index contributed by atoms with van der Waals surface area (Å²) in [6.45, 7) is 7.61. The molecule has 4 N–H and O–H groups in total. The number of aliphatic hydroxyl groups excluding tert-OH is 1. The number of ether oxygens (including phenoxy) is 2. The van der Waals surface area contributed by atoms with Gasteiger partial charge >= 0.3 is 19.8 Å². The van der Waals surface area contributed by atoms with Crippen LogP contribution in [0.5, 0.6) is 0 Å². The number of rotatable bonds is 33. The average molecular weight is 768 g/mol. The van der Waals surface area contributed by atoms with Crippen LogP contribution in [-0.2, 0) is 45.5 Å². The number of allylic oxidation sites excluding steroid dienone is 4. The van der Waals surface area contributed by atoms with Gasteiger partial charge in [-0.2, -0.15) is 0 Å². The van der Waals surface area contributed by atoms with Crippen molar-refractivity contribution < 1.29 is 47.1 Å². The molecule has 0 aromatic carbocycles. The molecule has 1 heterocycles. The van der Waals surface area contributed by atoms with Gasteiger partial charge in [0.05, 0.1) is 19.3 Å². The highest BCUT2D eigenvalue weighted by atomic mass is 31.2. The van der Waals surface area contributed by atoms with Crippen LogP contribution in [0, 0.1) is 13.8 Å². The third kappa shape index (κ3) is 25.2. The third-order valence-corrected chi connectivity index (χ3v) is 9.78. The summed E-state index contributed by atoms with van der Waals surface area (Å²) in [5, 5.41) is 9.86. The number of unbranched alkanes of at least 4 members (excludes halogenated alkanes) is 10. The molecule has 11 nitrogen and oxygen atoms in total. The van der Waals surface area contributed by atoms with Gasteiger partial charge in [-0.1, -0.05) is 95.2 Å². The number of furan rings is 1. The van der Waals surface area contributed by atoms with E-state index >= 15 is 0 Å². The van der Waals surface area contributed by atoms with Gasteiger partial charge < -0.3 is 29.6 Å². The highest BCUT2D eigenvalue weighted by molar-refractivity contribution is 7.47. The molecule has 3 atom stereocenters. The van der Waals surface area contributed by atoms with Gasteiger partial charge in [-0.15, -0.1) is 0 Å². The Morgan fingerprint density at radius 1 is 0.792 bits per heavy atom. The molecule has 12 heteroatoms. The second kappa shape index (κ2) is 30.8. The van der Waals surface area contributed by atoms with Crippen molar-refractivity contribution in [3.05, 3.63) is 59.1 Å². The molecule has 0 aliphatic heterocycles. The second-order valence-electron chi connectivity index (χ2n) is 13.6. The Morgan fingerprint density at radius 3 is 2.08 bits per heavy atom. The SMILES string of the molecule is CC/C=C/CC(O)/C=C/C=C/CCCCCCCC(=O)O[C@H](COC(=O)CCCCCCCCc1oc(CCC)c(C)c1C)COP(=O)(O)OCCN. The fraction of sp³-hybridized carbons (Fsp3) is 0.707. The maximum absolute atomic E-state index is 12.6. The number of aliphatic hydroxyl groups is 1. The number of hydrogen-bond donors (Lipinski definition) is 3. The summed E-state index contributed by atoms with van der Waals surface area (Å²) < 4.78 is 38.8. The Labute approximate surface area is 319 Å². The van der Waals surface area contributed by atoms with Crippen LogP contribution in [0.2, 0.25) is 0 Å². The minimum absolute atomic E-state index is 0.0324. The predicted molar refractivity (Wildman–Crippen MR) is 210 cm³/mol. The topological polar surface area (TPSA) is 168 Å². The largest absolute Gasteiger partial charge is 0.472 e. The van der Waals surface area contributed by atoms with E-state index in [2.05, 4.69) is 33.8 Å². The molecule has 0 aliphatic rings. The lowest BCUT2D eigenvalue weighted by Gasteiger charge is -2.19. The number of nitrogens with two attached hydrogens (primary N) is 1. The van der Waals surface area contributed by atoms with E-state index in [4.69, 9.17) is 28.7 Å². The standard InChI is InChI=1S/C41H70NO10P/c1-5-7-19-25-36(43)26-20-15-11-9-8-10-12-18-23-29-41(45)51-37(33-50-53(46,47)49-31-30-42)32-48-40(44)28-22-17-14-13-16-21-27-39-35(4)34(3)38(52-39)24-6-2/h7,11,15,19-20,26,36-37,43H,5-6,8-10,12-14,16-18,21-25,27-33,42H2,1-4H3,(H,46,47)/b15-11+,19-7+,26-20+/t36?,37-/m1/s1. The molecular formula is C41H70NO10P. The number of phosphoric ester groups is 1. The van der Waals surface area contributed by atoms with Crippen molar-refractivity contribution in [3.63, 3.8) is 0 Å². The van der Waals surface area contributed by atoms with Crippen LogP contribution in [-0.4, -0.2) is 60.5 Å². The Hall–Kier alpha value is -2.53. The van der Waals surface area contributed by atoms with E-state index in [1.807, 2.05) is 24.3 Å². The molecule has 0 saturated carbocycles. The van der Waals surface area contributed by atoms with Gasteiger partial charge in [-0.25, -0.2) is 4.57 Å². The molecule has 0 fully saturated rings. The van der Waals surface area contributed by atoms with Crippen molar-refractivity contribution >= 4 is 19.8 Å². The molecule has 0 spiro atoms. The Morgan fingerprint density at radius 2 is 1.42 bits per heavy atom. The zero-order valence-corrected chi connectivity index (χ0v) is 34.0. The van der Waals surface area contributed by atoms with Crippen LogP contribution in [0.1, 0.15) is 146 Å². The highest BCUT2D eigenvalue weighted by Gasteiger charge is 2.26. The van der Waals surface area contributed by atoms with Crippen LogP contribution in [0.25, 0.3) is 0 Å². The summed E-state index contributed by atoms with van der Waals surface area (Å²) in [6, 6.07) is 0. The lowest BCUT2D eigenvalue weighted by atomic mass is 10.0. The number of hydrogen-bond acceptors (Lipinski definition) is 10. The van der Waals surface area contributed by atoms with E-state index in [9.17, 15) is 24.2 Å². The fourth-order valence-electron chi connectivity index (χ4n) is 5.60. The summed E-state index contributed by atoms with van der Waals surface area (Å²) in [6.07, 6.45) is 26.5. The van der Waals surface area contributed by atoms with Gasteiger partial charge in [0.15, 0.2) is 6.10 Å². The molecule has 0 bridgehead atoms. The monoisotopic (exact) mass is 767 g/mol. The predicted octanol–water partition coefficient (Wildman–Crippen LogP) is 9.23. The molecule has 0 saturated heterocycles. The van der Waals surface area contributed by atoms with Gasteiger partial charge in [0, 0.05) is 32.2 Å². The second-order valence-corrected chi connectivity index (χ2v) is 15.0. The van der Waals surface area contributed by atoms with Crippen molar-refractivity contribution in [2.24, 2.45) is 5.73 Å². The molecule has 53 heavy (non-hydrogen) atoms. The van der Waals surface area contributed by atoms with Crippen LogP contribution in [0.4, 0.5) is 0 Å². The highest BCUT2D eigenvalue weighted by Crippen LogP contribution is 2.43. The molecule has 1 rings (SSSR count). The number of carbonyl (C=O) groups is 2. The minimum atomic E-state index is -4.41. The van der Waals surface area contributed by atoms with Gasteiger partial charge in [0.2, 0.25) is 0 Å². The Balaban J connectivity index is 2.32. The molecule has 0 aliphatic carbocycles. The number of esters is 2. The first kappa shape index (κ1) is 48.5. The summed E-state index contributed by atoms with van der Waals surface area (Å²) in [4.78, 5) is 34.9. The molecule has 1 aromatic heterocycles. The van der Waals surface area contributed by atoms with Gasteiger partial charge in [-0.05, 0) is 76.3 Å². The van der Waals surface area contributed by atoms with Crippen LogP contribution < -0.4 is 5.73 Å². The summed E-state index contributed by atoms with van der Waals surface area (Å²) >= 11 is 0. The number of aryl methyl sites for hydroxylation is 2. The van der Waals surface area contributed by atoms with Crippen molar-refractivity contribution in [1.29, 1.82) is 0 Å². The normalized spacial score (nSPS) is 14.3. The van der Waals surface area contributed by atoms with E-state index in [-0.39, 0.29) is 32.6 Å². The van der Waals surface area contributed by atoms with E-state index in [1.54, 1.807) is 6.08 Å². The van der Waals surface area contributed by atoms with Gasteiger partial charge in [0.1, 0.15) is 18.1 Å². The van der Waals surface area contributed by atoms with E-state index < -0.39 is 38.6 Å². The Bertz CT molecular complexity index is 1260. The van der Waals surface area contributed by atoms with Crippen molar-refractivity contribution in [1.82, 2.24) is 0 Å². The fourth-order valence-corrected chi connectivity index (χ4v) is 6.36. The minimum Gasteiger partial charge on any atom is -0.466 e. The van der Waals surface area contributed by atoms with Gasteiger partial charge in [-0.3, -0.25) is 18.6 Å². The van der Waals surface area contributed by atoms with Crippen LogP contribution in [0.3, 0.4) is 0 Å². The maximum Gasteiger partial charge on any atom is 0.472 e. The summed E-state index contributed by atoms with van der Waals surface area (Å²) in [5.74, 6) is 1.31. The molecular weight excluding hydrogens is 697 g/mol. The molecule has 1 aromatic rings. The number of carbonyl (C=O) groups excluding carboxylic acids is 2. The molecule has 2 unspecified atom stereocenters. The maximum atomic E-state index is 12.6. The summed E-state index contributed by atoms with van der Waals surface area (Å²) in [7, 11) is -4.41. The quantitative estimate of drug-likeness (QED) is 0.0205. The zero-order valence-electron chi connectivity index (χ0n) is 33.1. The third-order valence-electron chi connectivity index (χ3n) is 8.79. The molecule has 304 valence electrons. The van der Waals surface area contributed by atoms with Crippen molar-refractivity contribution in [2.75, 3.05) is 26.4 Å². The van der Waals surface area contributed by atoms with E-state index in [1.165, 1.54) is 11.1 Å². The number of phosphoric acid groups is 1. The lowest BCUT2D eigenvalue weighted by molar-refractivity contribution is -0.161. The average Bonchev–Trinajstić information content (AvgIpc) is 3.39. The van der Waals surface area contributed by atoms with Gasteiger partial charge in [0.25, 0.3) is 0 Å². The van der Waals surface area contributed by atoms with E-state index in [0.717, 1.165) is 101 Å². The van der Waals surface area contributed by atoms with Crippen LogP contribution in [0.15, 0.2) is 40.9 Å². The van der Waals surface area contributed by atoms with E-state index in [0.29, 0.717) is 19.3 Å². The lowest BCUT2D eigenvalue weighted by Crippen LogP contribution is -2.29. The molecule has 0 radical (unpaired) electrons. The first-order valence-electron chi connectivity index (χ1n) is 19.9. The van der Waals surface area contributed by atoms with Crippen molar-refractivity contribution in [2.45, 2.75) is 162 Å². The smallest absolute Gasteiger partial charge is 0.466 e. The van der Waals surface area contributed by atoms with Crippen molar-refractivity contribution in [3.8, 4) is 0 Å².